The van der Waals surface area contributed by atoms with Crippen LogP contribution in [-0.4, -0.2) is 35.5 Å². The van der Waals surface area contributed by atoms with Crippen LogP contribution < -0.4 is 26.0 Å². The highest BCUT2D eigenvalue weighted by Crippen LogP contribution is 2.36. The van der Waals surface area contributed by atoms with Gasteiger partial charge in [0.1, 0.15) is 0 Å². The Morgan fingerprint density at radius 3 is 2.66 bits per heavy atom. The summed E-state index contributed by atoms with van der Waals surface area (Å²) in [7, 11) is 1.45. The van der Waals surface area contributed by atoms with Gasteiger partial charge in [0.2, 0.25) is 0 Å². The number of rotatable bonds is 7. The number of carbonyl (C=O) groups is 1. The van der Waals surface area contributed by atoms with Crippen molar-refractivity contribution in [1.29, 1.82) is 0 Å². The molecule has 0 fully saturated rings. The number of ether oxygens (including phenoxy) is 2. The van der Waals surface area contributed by atoms with E-state index in [-0.39, 0.29) is 12.5 Å². The first-order valence-corrected chi connectivity index (χ1v) is 11.4. The SMILES string of the molecule is COc1cc(C=Nn2c(=O)[nH]c3ccccc3c2=O)cc(Br)c1OCC(=O)Nc1ccc(Cl)cc1. The molecular formula is C24H18BrClN4O5. The van der Waals surface area contributed by atoms with E-state index in [9.17, 15) is 14.4 Å². The Labute approximate surface area is 212 Å². The van der Waals surface area contributed by atoms with Gasteiger partial charge in [0.25, 0.3) is 11.5 Å². The molecule has 0 saturated carbocycles. The third-order valence-corrected chi connectivity index (χ3v) is 5.67. The molecule has 0 aliphatic rings. The van der Waals surface area contributed by atoms with Gasteiger partial charge >= 0.3 is 5.69 Å². The molecule has 2 N–H and O–H groups in total. The van der Waals surface area contributed by atoms with E-state index in [1.54, 1.807) is 60.7 Å². The third kappa shape index (κ3) is 5.61. The number of benzene rings is 3. The van der Waals surface area contributed by atoms with Crippen molar-refractivity contribution < 1.29 is 14.3 Å². The van der Waals surface area contributed by atoms with Gasteiger partial charge in [-0.3, -0.25) is 9.59 Å². The normalized spacial score (nSPS) is 11.1. The van der Waals surface area contributed by atoms with E-state index in [1.807, 2.05) is 0 Å². The number of methoxy groups -OCH3 is 1. The van der Waals surface area contributed by atoms with Crippen LogP contribution in [0.4, 0.5) is 5.69 Å². The monoisotopic (exact) mass is 556 g/mol. The van der Waals surface area contributed by atoms with E-state index in [0.717, 1.165) is 4.68 Å². The van der Waals surface area contributed by atoms with Gasteiger partial charge in [-0.15, -0.1) is 4.68 Å². The molecule has 1 heterocycles. The lowest BCUT2D eigenvalue weighted by molar-refractivity contribution is -0.118. The molecule has 35 heavy (non-hydrogen) atoms. The molecule has 0 atom stereocenters. The molecule has 178 valence electrons. The van der Waals surface area contributed by atoms with Gasteiger partial charge in [-0.25, -0.2) is 4.79 Å². The van der Waals surface area contributed by atoms with E-state index in [1.165, 1.54) is 13.3 Å². The van der Waals surface area contributed by atoms with Crippen LogP contribution >= 0.6 is 27.5 Å². The first-order chi connectivity index (χ1) is 16.9. The molecule has 9 nitrogen and oxygen atoms in total. The summed E-state index contributed by atoms with van der Waals surface area (Å²) in [5, 5.41) is 7.65. The van der Waals surface area contributed by atoms with Gasteiger partial charge < -0.3 is 19.8 Å². The van der Waals surface area contributed by atoms with Crippen LogP contribution in [-0.2, 0) is 4.79 Å². The number of nitrogens with zero attached hydrogens (tertiary/aromatic N) is 2. The van der Waals surface area contributed by atoms with Crippen LogP contribution in [0.25, 0.3) is 10.9 Å². The van der Waals surface area contributed by atoms with Crippen molar-refractivity contribution in [3.05, 3.63) is 96.6 Å². The quantitative estimate of drug-likeness (QED) is 0.333. The van der Waals surface area contributed by atoms with Gasteiger partial charge in [0.15, 0.2) is 18.1 Å². The zero-order valence-electron chi connectivity index (χ0n) is 18.2. The molecular weight excluding hydrogens is 540 g/mol. The number of amides is 1. The lowest BCUT2D eigenvalue weighted by Crippen LogP contribution is -2.32. The first kappa shape index (κ1) is 24.2. The summed E-state index contributed by atoms with van der Waals surface area (Å²) in [4.78, 5) is 39.8. The number of halogens is 2. The fourth-order valence-corrected chi connectivity index (χ4v) is 3.90. The van der Waals surface area contributed by atoms with Crippen LogP contribution in [0, 0.1) is 0 Å². The highest BCUT2D eigenvalue weighted by molar-refractivity contribution is 9.10. The fraction of sp³-hybridized carbons (Fsp3) is 0.0833. The second kappa shape index (κ2) is 10.6. The number of fused-ring (bicyclic) bond motifs is 1. The minimum atomic E-state index is -0.664. The first-order valence-electron chi connectivity index (χ1n) is 10.2. The number of hydrogen-bond donors (Lipinski definition) is 2. The molecule has 4 rings (SSSR count). The molecule has 0 radical (unpaired) electrons. The summed E-state index contributed by atoms with van der Waals surface area (Å²) < 4.78 is 12.3. The van der Waals surface area contributed by atoms with Crippen molar-refractivity contribution in [1.82, 2.24) is 9.66 Å². The largest absolute Gasteiger partial charge is 0.493 e. The number of nitrogens with one attached hydrogen (secondary N) is 2. The minimum absolute atomic E-state index is 0.271. The zero-order chi connectivity index (χ0) is 24.9. The summed E-state index contributed by atoms with van der Waals surface area (Å²) >= 11 is 9.25. The topological polar surface area (TPSA) is 115 Å². The maximum absolute atomic E-state index is 12.6. The Kier molecular flexibility index (Phi) is 7.33. The molecule has 0 spiro atoms. The lowest BCUT2D eigenvalue weighted by Gasteiger charge is -2.13. The van der Waals surface area contributed by atoms with Crippen molar-refractivity contribution in [3.8, 4) is 11.5 Å². The molecule has 11 heteroatoms. The fourth-order valence-electron chi connectivity index (χ4n) is 3.20. The number of anilines is 1. The van der Waals surface area contributed by atoms with Crippen molar-refractivity contribution >= 4 is 56.2 Å². The van der Waals surface area contributed by atoms with Crippen LogP contribution in [0.3, 0.4) is 0 Å². The van der Waals surface area contributed by atoms with Crippen LogP contribution in [0.1, 0.15) is 5.56 Å². The average Bonchev–Trinajstić information content (AvgIpc) is 2.84. The minimum Gasteiger partial charge on any atom is -0.493 e. The number of aromatic nitrogens is 2. The Bertz CT molecular complexity index is 1550. The van der Waals surface area contributed by atoms with Crippen molar-refractivity contribution in [2.75, 3.05) is 19.0 Å². The van der Waals surface area contributed by atoms with E-state index < -0.39 is 11.2 Å². The predicted octanol–water partition coefficient (Wildman–Crippen LogP) is 4.01. The van der Waals surface area contributed by atoms with Gasteiger partial charge in [0, 0.05) is 10.7 Å². The van der Waals surface area contributed by atoms with Crippen LogP contribution in [0.2, 0.25) is 5.02 Å². The zero-order valence-corrected chi connectivity index (χ0v) is 20.6. The van der Waals surface area contributed by atoms with Gasteiger partial charge in [-0.05, 0) is 70.0 Å². The molecule has 0 saturated heterocycles. The van der Waals surface area contributed by atoms with Crippen LogP contribution in [0.5, 0.6) is 11.5 Å². The average molecular weight is 558 g/mol. The molecule has 0 aliphatic carbocycles. The summed E-state index contributed by atoms with van der Waals surface area (Å²) in [5.41, 5.74) is 0.326. The molecule has 4 aromatic rings. The van der Waals surface area contributed by atoms with E-state index in [0.29, 0.717) is 43.1 Å². The lowest BCUT2D eigenvalue weighted by atomic mass is 10.2. The Balaban J connectivity index is 1.53. The standard InChI is InChI=1S/C24H18BrClN4O5/c1-34-20-11-14(12-27-30-23(32)17-4-2-3-5-19(17)29-24(30)33)10-18(25)22(20)35-13-21(31)28-16-8-6-15(26)7-9-16/h2-12H,13H2,1H3,(H,28,31)(H,29,33). The third-order valence-electron chi connectivity index (χ3n) is 4.83. The number of aromatic amines is 1. The Morgan fingerprint density at radius 2 is 1.91 bits per heavy atom. The second-order valence-corrected chi connectivity index (χ2v) is 8.51. The maximum Gasteiger partial charge on any atom is 0.349 e. The highest BCUT2D eigenvalue weighted by atomic mass is 79.9. The van der Waals surface area contributed by atoms with Crippen molar-refractivity contribution in [3.63, 3.8) is 0 Å². The Hall–Kier alpha value is -3.89. The molecule has 3 aromatic carbocycles. The number of H-pyrrole nitrogens is 1. The number of hydrogen-bond acceptors (Lipinski definition) is 6. The molecule has 1 aromatic heterocycles. The summed E-state index contributed by atoms with van der Waals surface area (Å²) in [5.74, 6) is 0.248. The summed E-state index contributed by atoms with van der Waals surface area (Å²) in [6.07, 6.45) is 1.34. The maximum atomic E-state index is 12.6. The molecule has 0 aliphatic heterocycles. The number of para-hydroxylation sites is 1. The molecule has 1 amide bonds. The second-order valence-electron chi connectivity index (χ2n) is 7.22. The number of carbonyl (C=O) groups excluding carboxylic acids is 1. The van der Waals surface area contributed by atoms with Gasteiger partial charge in [0.05, 0.1) is 28.7 Å². The molecule has 0 bridgehead atoms. The molecule has 0 unspecified atom stereocenters. The highest BCUT2D eigenvalue weighted by Gasteiger charge is 2.14. The smallest absolute Gasteiger partial charge is 0.349 e. The van der Waals surface area contributed by atoms with Crippen molar-refractivity contribution in [2.24, 2.45) is 5.10 Å². The summed E-state index contributed by atoms with van der Waals surface area (Å²) in [6, 6.07) is 16.6. The van der Waals surface area contributed by atoms with E-state index in [2.05, 4.69) is 31.3 Å². The summed E-state index contributed by atoms with van der Waals surface area (Å²) in [6.45, 7) is -0.271. The van der Waals surface area contributed by atoms with E-state index >= 15 is 0 Å². The van der Waals surface area contributed by atoms with Crippen molar-refractivity contribution in [2.45, 2.75) is 0 Å². The van der Waals surface area contributed by atoms with E-state index in [4.69, 9.17) is 21.1 Å². The van der Waals surface area contributed by atoms with Gasteiger partial charge in [-0.2, -0.15) is 5.10 Å². The Morgan fingerprint density at radius 1 is 1.17 bits per heavy atom. The van der Waals surface area contributed by atoms with Gasteiger partial charge in [-0.1, -0.05) is 23.7 Å². The predicted molar refractivity (Wildman–Crippen MR) is 138 cm³/mol. The van der Waals surface area contributed by atoms with Crippen LogP contribution in [0.15, 0.2) is 79.8 Å².